The van der Waals surface area contributed by atoms with Gasteiger partial charge in [-0.05, 0) is 50.2 Å². The van der Waals surface area contributed by atoms with Crippen molar-refractivity contribution in [2.24, 2.45) is 0 Å². The molecule has 0 bridgehead atoms. The normalized spacial score (nSPS) is 17.9. The average Bonchev–Trinajstić information content (AvgIpc) is 2.97. The third-order valence-corrected chi connectivity index (χ3v) is 8.32. The van der Waals surface area contributed by atoms with Crippen LogP contribution in [-0.4, -0.2) is 66.6 Å². The molecule has 220 valence electrons. The van der Waals surface area contributed by atoms with Crippen molar-refractivity contribution in [2.75, 3.05) is 30.3 Å². The van der Waals surface area contributed by atoms with Crippen LogP contribution in [0.3, 0.4) is 0 Å². The Morgan fingerprint density at radius 1 is 0.976 bits per heavy atom. The number of carbonyl (C=O) groups is 3. The zero-order valence-electron chi connectivity index (χ0n) is 24.2. The minimum Gasteiger partial charge on any atom is -0.462 e. The zero-order valence-corrected chi connectivity index (χ0v) is 24.2. The molecule has 1 heterocycles. The fourth-order valence-electron chi connectivity index (χ4n) is 6.24. The van der Waals surface area contributed by atoms with E-state index in [1.807, 2.05) is 30.3 Å². The largest absolute Gasteiger partial charge is 0.462 e. The molecule has 1 saturated carbocycles. The SMILES string of the molecule is COC(=O)C(=O)N(c1ccccc1NB(C)O)C1CCN(C2(C(=O)OCc3ccccc3)CCCCCCC2)CC1. The van der Waals surface area contributed by atoms with Gasteiger partial charge in [0.1, 0.15) is 12.1 Å². The molecule has 0 aromatic heterocycles. The van der Waals surface area contributed by atoms with Crippen LogP contribution in [0.15, 0.2) is 54.6 Å². The van der Waals surface area contributed by atoms with Gasteiger partial charge in [-0.15, -0.1) is 0 Å². The first kappa shape index (κ1) is 30.6. The Morgan fingerprint density at radius 2 is 1.59 bits per heavy atom. The van der Waals surface area contributed by atoms with Gasteiger partial charge < -0.3 is 19.7 Å². The lowest BCUT2D eigenvalue weighted by molar-refractivity contribution is -0.163. The lowest BCUT2D eigenvalue weighted by Crippen LogP contribution is -2.60. The van der Waals surface area contributed by atoms with Gasteiger partial charge in [0.2, 0.25) is 0 Å². The Labute approximate surface area is 243 Å². The number of hydrogen-bond donors (Lipinski definition) is 2. The number of para-hydroxylation sites is 2. The molecular weight excluding hydrogens is 521 g/mol. The predicted molar refractivity (Wildman–Crippen MR) is 159 cm³/mol. The topological polar surface area (TPSA) is 108 Å². The summed E-state index contributed by atoms with van der Waals surface area (Å²) in [6, 6.07) is 16.6. The first-order valence-electron chi connectivity index (χ1n) is 14.8. The number of carbonyl (C=O) groups excluding carboxylic acids is 3. The van der Waals surface area contributed by atoms with Crippen LogP contribution in [0.25, 0.3) is 0 Å². The molecule has 9 nitrogen and oxygen atoms in total. The molecule has 1 aliphatic carbocycles. The van der Waals surface area contributed by atoms with Crippen LogP contribution in [0.2, 0.25) is 6.82 Å². The van der Waals surface area contributed by atoms with Gasteiger partial charge in [0.25, 0.3) is 0 Å². The van der Waals surface area contributed by atoms with Gasteiger partial charge in [0.05, 0.1) is 12.8 Å². The molecule has 1 aliphatic heterocycles. The van der Waals surface area contributed by atoms with E-state index in [1.54, 1.807) is 31.1 Å². The maximum Gasteiger partial charge on any atom is 0.406 e. The fraction of sp³-hybridized carbons (Fsp3) is 0.516. The standard InChI is InChI=1S/C31H42BN3O6/c1-32(39)33-26-15-9-10-16-27(26)35(28(36)29(37)40-2)25-17-21-34(22-18-25)31(19-11-4-3-5-12-20-31)30(38)41-23-24-13-7-6-8-14-24/h6-10,13-16,25,33,39H,3-5,11-12,17-23H2,1-2H3. The maximum absolute atomic E-state index is 13.9. The van der Waals surface area contributed by atoms with Crippen LogP contribution >= 0.6 is 0 Å². The predicted octanol–water partition coefficient (Wildman–Crippen LogP) is 4.41. The minimum atomic E-state index is -0.944. The van der Waals surface area contributed by atoms with Gasteiger partial charge in [0, 0.05) is 24.8 Å². The fourth-order valence-corrected chi connectivity index (χ4v) is 6.24. The van der Waals surface area contributed by atoms with Gasteiger partial charge in [0.15, 0.2) is 0 Å². The monoisotopic (exact) mass is 563 g/mol. The van der Waals surface area contributed by atoms with Gasteiger partial charge in [-0.25, -0.2) is 4.79 Å². The molecule has 2 aromatic rings. The number of nitrogens with one attached hydrogen (secondary N) is 1. The first-order valence-corrected chi connectivity index (χ1v) is 14.8. The van der Waals surface area contributed by atoms with Gasteiger partial charge in [-0.2, -0.15) is 0 Å². The Hall–Kier alpha value is -3.37. The van der Waals surface area contributed by atoms with E-state index in [4.69, 9.17) is 9.47 Å². The van der Waals surface area contributed by atoms with Crippen molar-refractivity contribution in [2.45, 2.75) is 82.8 Å². The molecule has 2 N–H and O–H groups in total. The molecule has 1 saturated heterocycles. The highest BCUT2D eigenvalue weighted by Crippen LogP contribution is 2.38. The lowest BCUT2D eigenvalue weighted by atomic mass is 9.80. The van der Waals surface area contributed by atoms with Crippen LogP contribution in [-0.2, 0) is 30.5 Å². The maximum atomic E-state index is 13.9. The van der Waals surface area contributed by atoms with Crippen molar-refractivity contribution in [1.29, 1.82) is 0 Å². The number of anilines is 2. The van der Waals surface area contributed by atoms with Crippen LogP contribution in [0, 0.1) is 0 Å². The number of ether oxygens (including phenoxy) is 2. The number of hydrogen-bond acceptors (Lipinski definition) is 8. The molecule has 41 heavy (non-hydrogen) atoms. The Morgan fingerprint density at radius 3 is 2.22 bits per heavy atom. The number of nitrogens with zero attached hydrogens (tertiary/aromatic N) is 2. The summed E-state index contributed by atoms with van der Waals surface area (Å²) >= 11 is 0. The Balaban J connectivity index is 1.56. The van der Waals surface area contributed by atoms with E-state index in [9.17, 15) is 19.4 Å². The van der Waals surface area contributed by atoms with Crippen molar-refractivity contribution in [3.8, 4) is 0 Å². The average molecular weight is 564 g/mol. The smallest absolute Gasteiger partial charge is 0.406 e. The van der Waals surface area contributed by atoms with E-state index in [-0.39, 0.29) is 18.6 Å². The highest BCUT2D eigenvalue weighted by Gasteiger charge is 2.47. The van der Waals surface area contributed by atoms with Gasteiger partial charge >= 0.3 is 24.9 Å². The number of esters is 2. The molecule has 0 radical (unpaired) electrons. The highest BCUT2D eigenvalue weighted by molar-refractivity contribution is 6.53. The number of benzene rings is 2. The number of methoxy groups -OCH3 is 1. The van der Waals surface area contributed by atoms with E-state index in [2.05, 4.69) is 10.1 Å². The Bertz CT molecular complexity index is 1160. The van der Waals surface area contributed by atoms with Crippen molar-refractivity contribution in [3.63, 3.8) is 0 Å². The first-order chi connectivity index (χ1) is 19.9. The molecule has 1 amide bonds. The molecule has 2 aliphatic rings. The Kier molecular flexibility index (Phi) is 10.8. The summed E-state index contributed by atoms with van der Waals surface area (Å²) in [6.45, 7) is 3.00. The van der Waals surface area contributed by atoms with Gasteiger partial charge in [-0.3, -0.25) is 19.4 Å². The van der Waals surface area contributed by atoms with Crippen molar-refractivity contribution < 1.29 is 28.9 Å². The number of likely N-dealkylation sites (tertiary alicyclic amines) is 1. The van der Waals surface area contributed by atoms with E-state index in [0.717, 1.165) is 44.1 Å². The molecule has 0 unspecified atom stereocenters. The van der Waals surface area contributed by atoms with E-state index in [1.165, 1.54) is 18.4 Å². The van der Waals surface area contributed by atoms with Crippen LogP contribution in [0.1, 0.15) is 63.4 Å². The second-order valence-electron chi connectivity index (χ2n) is 11.1. The van der Waals surface area contributed by atoms with Crippen LogP contribution in [0.4, 0.5) is 11.4 Å². The molecule has 4 rings (SSSR count). The van der Waals surface area contributed by atoms with Crippen LogP contribution < -0.4 is 10.1 Å². The van der Waals surface area contributed by atoms with E-state index < -0.39 is 24.5 Å². The van der Waals surface area contributed by atoms with Gasteiger partial charge in [-0.1, -0.05) is 74.6 Å². The van der Waals surface area contributed by atoms with E-state index >= 15 is 0 Å². The van der Waals surface area contributed by atoms with Crippen molar-refractivity contribution in [1.82, 2.24) is 4.90 Å². The van der Waals surface area contributed by atoms with E-state index in [0.29, 0.717) is 37.3 Å². The second kappa shape index (κ2) is 14.5. The minimum absolute atomic E-state index is 0.171. The summed E-state index contributed by atoms with van der Waals surface area (Å²) in [5.74, 6) is -1.87. The molecule has 0 spiro atoms. The van der Waals surface area contributed by atoms with Crippen molar-refractivity contribution >= 4 is 36.3 Å². The lowest BCUT2D eigenvalue weighted by Gasteiger charge is -2.47. The molecule has 2 aromatic carbocycles. The summed E-state index contributed by atoms with van der Waals surface area (Å²) in [6.07, 6.45) is 7.93. The van der Waals surface area contributed by atoms with Crippen molar-refractivity contribution in [3.05, 3.63) is 60.2 Å². The molecule has 0 atom stereocenters. The summed E-state index contributed by atoms with van der Waals surface area (Å²) in [5.41, 5.74) is 1.30. The zero-order chi connectivity index (χ0) is 29.2. The molecule has 2 fully saturated rings. The number of amides is 1. The summed E-state index contributed by atoms with van der Waals surface area (Å²) in [7, 11) is 0.342. The number of rotatable bonds is 8. The third kappa shape index (κ3) is 7.48. The highest BCUT2D eigenvalue weighted by atomic mass is 16.5. The summed E-state index contributed by atoms with van der Waals surface area (Å²) < 4.78 is 10.8. The van der Waals surface area contributed by atoms with Crippen LogP contribution in [0.5, 0.6) is 0 Å². The molecular formula is C31H42BN3O6. The molecule has 10 heteroatoms. The number of piperidine rings is 1. The summed E-state index contributed by atoms with van der Waals surface area (Å²) in [5, 5.41) is 12.9. The third-order valence-electron chi connectivity index (χ3n) is 8.32. The second-order valence-corrected chi connectivity index (χ2v) is 11.1. The quantitative estimate of drug-likeness (QED) is 0.277. The summed E-state index contributed by atoms with van der Waals surface area (Å²) in [4.78, 5) is 43.4.